The zero-order valence-electron chi connectivity index (χ0n) is 10.9. The average molecular weight is 276 g/mol. The third-order valence-electron chi connectivity index (χ3n) is 2.84. The molecule has 8 heteroatoms. The summed E-state index contributed by atoms with van der Waals surface area (Å²) in [7, 11) is 0. The number of ether oxygens (including phenoxy) is 1. The number of aliphatic hydroxyl groups is 2. The highest BCUT2D eigenvalue weighted by molar-refractivity contribution is 5.83. The van der Waals surface area contributed by atoms with Gasteiger partial charge in [0, 0.05) is 6.54 Å². The van der Waals surface area contributed by atoms with Gasteiger partial charge in [-0.25, -0.2) is 9.59 Å². The van der Waals surface area contributed by atoms with E-state index in [4.69, 9.17) is 14.9 Å². The second kappa shape index (κ2) is 6.69. The topological polar surface area (TPSA) is 119 Å². The summed E-state index contributed by atoms with van der Waals surface area (Å²) in [6.45, 7) is 3.31. The highest BCUT2D eigenvalue weighted by Gasteiger charge is 2.31. The van der Waals surface area contributed by atoms with Crippen molar-refractivity contribution in [2.75, 3.05) is 19.7 Å². The maximum Gasteiger partial charge on any atom is 0.328 e. The normalized spacial score (nSPS) is 26.6. The molecule has 0 spiro atoms. The minimum atomic E-state index is -1.36. The molecular weight excluding hydrogens is 256 g/mol. The van der Waals surface area contributed by atoms with Crippen LogP contribution >= 0.6 is 0 Å². The predicted octanol–water partition coefficient (Wildman–Crippen LogP) is -1.39. The molecule has 1 saturated heterocycles. The smallest absolute Gasteiger partial charge is 0.328 e. The zero-order chi connectivity index (χ0) is 14.6. The van der Waals surface area contributed by atoms with Gasteiger partial charge in [-0.3, -0.25) is 0 Å². The van der Waals surface area contributed by atoms with E-state index >= 15 is 0 Å². The fraction of sp³-hybridized carbons (Fsp3) is 0.818. The number of carbonyl (C=O) groups is 2. The van der Waals surface area contributed by atoms with Crippen molar-refractivity contribution in [1.82, 2.24) is 10.2 Å². The van der Waals surface area contributed by atoms with Crippen molar-refractivity contribution in [2.45, 2.75) is 38.2 Å². The molecule has 1 rings (SSSR count). The van der Waals surface area contributed by atoms with Crippen molar-refractivity contribution in [3.8, 4) is 0 Å². The summed E-state index contributed by atoms with van der Waals surface area (Å²) in [5, 5.41) is 29.5. The van der Waals surface area contributed by atoms with E-state index in [1.165, 1.54) is 11.8 Å². The SMILES string of the molecule is CC1CN(C(=O)N[C@H](C(=O)O)[C@@H](C)O)CC(CO)O1. The number of carboxylic acids is 1. The van der Waals surface area contributed by atoms with Gasteiger partial charge in [-0.2, -0.15) is 0 Å². The Morgan fingerprint density at radius 2 is 2.11 bits per heavy atom. The highest BCUT2D eigenvalue weighted by atomic mass is 16.5. The third kappa shape index (κ3) is 4.34. The molecule has 0 saturated carbocycles. The number of rotatable bonds is 4. The molecule has 1 aliphatic rings. The van der Waals surface area contributed by atoms with Gasteiger partial charge in [0.15, 0.2) is 6.04 Å². The first kappa shape index (κ1) is 15.7. The molecule has 4 N–H and O–H groups in total. The number of aliphatic hydroxyl groups excluding tert-OH is 2. The molecule has 0 aromatic carbocycles. The molecule has 0 radical (unpaired) electrons. The predicted molar refractivity (Wildman–Crippen MR) is 64.6 cm³/mol. The van der Waals surface area contributed by atoms with Crippen LogP contribution in [0.2, 0.25) is 0 Å². The number of nitrogens with zero attached hydrogens (tertiary/aromatic N) is 1. The van der Waals surface area contributed by atoms with Gasteiger partial charge in [-0.05, 0) is 13.8 Å². The number of carbonyl (C=O) groups excluding carboxylic acids is 1. The van der Waals surface area contributed by atoms with Crippen molar-refractivity contribution in [1.29, 1.82) is 0 Å². The third-order valence-corrected chi connectivity index (χ3v) is 2.84. The number of urea groups is 1. The van der Waals surface area contributed by atoms with Gasteiger partial charge in [-0.1, -0.05) is 0 Å². The van der Waals surface area contributed by atoms with Gasteiger partial charge in [0.2, 0.25) is 0 Å². The average Bonchev–Trinajstić information content (AvgIpc) is 2.33. The molecule has 0 bridgehead atoms. The number of hydrogen-bond acceptors (Lipinski definition) is 5. The van der Waals surface area contributed by atoms with Crippen LogP contribution in [0.3, 0.4) is 0 Å². The number of carboxylic acid groups (broad SMARTS) is 1. The van der Waals surface area contributed by atoms with Crippen LogP contribution in [0.15, 0.2) is 0 Å². The maximum atomic E-state index is 11.9. The van der Waals surface area contributed by atoms with Crippen molar-refractivity contribution >= 4 is 12.0 Å². The van der Waals surface area contributed by atoms with Crippen LogP contribution in [0, 0.1) is 0 Å². The molecule has 0 aromatic rings. The van der Waals surface area contributed by atoms with Gasteiger partial charge in [0.1, 0.15) is 0 Å². The van der Waals surface area contributed by atoms with Crippen molar-refractivity contribution in [2.24, 2.45) is 0 Å². The van der Waals surface area contributed by atoms with E-state index in [0.717, 1.165) is 0 Å². The van der Waals surface area contributed by atoms with Crippen molar-refractivity contribution in [3.05, 3.63) is 0 Å². The Morgan fingerprint density at radius 1 is 1.47 bits per heavy atom. The summed E-state index contributed by atoms with van der Waals surface area (Å²) in [5.41, 5.74) is 0. The van der Waals surface area contributed by atoms with Crippen LogP contribution in [0.25, 0.3) is 0 Å². The monoisotopic (exact) mass is 276 g/mol. The Bertz CT molecular complexity index is 335. The molecule has 4 atom stereocenters. The van der Waals surface area contributed by atoms with E-state index in [0.29, 0.717) is 6.54 Å². The molecule has 1 aliphatic heterocycles. The summed E-state index contributed by atoms with van der Waals surface area (Å²) in [4.78, 5) is 24.2. The van der Waals surface area contributed by atoms with Crippen molar-refractivity contribution < 1.29 is 29.6 Å². The fourth-order valence-electron chi connectivity index (χ4n) is 1.92. The van der Waals surface area contributed by atoms with Crippen LogP contribution in [0.1, 0.15) is 13.8 Å². The van der Waals surface area contributed by atoms with Gasteiger partial charge in [0.05, 0.1) is 31.5 Å². The van der Waals surface area contributed by atoms with E-state index in [-0.39, 0.29) is 19.3 Å². The summed E-state index contributed by atoms with van der Waals surface area (Å²) in [6.07, 6.45) is -1.93. The van der Waals surface area contributed by atoms with Crippen LogP contribution < -0.4 is 5.32 Å². The molecule has 2 amide bonds. The largest absolute Gasteiger partial charge is 0.480 e. The Labute approximate surface area is 111 Å². The number of nitrogens with one attached hydrogen (secondary N) is 1. The first-order valence-electron chi connectivity index (χ1n) is 6.07. The number of morpholine rings is 1. The Morgan fingerprint density at radius 3 is 2.58 bits per heavy atom. The van der Waals surface area contributed by atoms with Crippen molar-refractivity contribution in [3.63, 3.8) is 0 Å². The summed E-state index contributed by atoms with van der Waals surface area (Å²) >= 11 is 0. The highest BCUT2D eigenvalue weighted by Crippen LogP contribution is 2.11. The number of hydrogen-bond donors (Lipinski definition) is 4. The number of amides is 2. The van der Waals surface area contributed by atoms with E-state index in [9.17, 15) is 14.7 Å². The molecule has 1 fully saturated rings. The quantitative estimate of drug-likeness (QED) is 0.502. The summed E-state index contributed by atoms with van der Waals surface area (Å²) in [5.74, 6) is -1.30. The maximum absolute atomic E-state index is 11.9. The first-order chi connectivity index (χ1) is 8.85. The van der Waals surface area contributed by atoms with Gasteiger partial charge < -0.3 is 30.3 Å². The molecule has 19 heavy (non-hydrogen) atoms. The molecule has 8 nitrogen and oxygen atoms in total. The fourth-order valence-corrected chi connectivity index (χ4v) is 1.92. The molecular formula is C11H20N2O6. The molecule has 0 aliphatic carbocycles. The van der Waals surface area contributed by atoms with Crippen LogP contribution in [-0.2, 0) is 9.53 Å². The van der Waals surface area contributed by atoms with E-state index in [1.54, 1.807) is 6.92 Å². The molecule has 110 valence electrons. The summed E-state index contributed by atoms with van der Waals surface area (Å²) in [6, 6.07) is -1.96. The zero-order valence-corrected chi connectivity index (χ0v) is 10.9. The second-order valence-electron chi connectivity index (χ2n) is 4.66. The lowest BCUT2D eigenvalue weighted by Gasteiger charge is -2.36. The first-order valence-corrected chi connectivity index (χ1v) is 6.07. The Balaban J connectivity index is 2.63. The summed E-state index contributed by atoms with van der Waals surface area (Å²) < 4.78 is 5.38. The number of aliphatic carboxylic acids is 1. The van der Waals surface area contributed by atoms with Crippen LogP contribution in [-0.4, -0.2) is 76.3 Å². The van der Waals surface area contributed by atoms with E-state index in [2.05, 4.69) is 5.32 Å². The Hall–Kier alpha value is -1.38. The van der Waals surface area contributed by atoms with E-state index < -0.39 is 30.3 Å². The Kier molecular flexibility index (Phi) is 5.52. The molecule has 2 unspecified atom stereocenters. The van der Waals surface area contributed by atoms with Gasteiger partial charge in [0.25, 0.3) is 0 Å². The van der Waals surface area contributed by atoms with Crippen LogP contribution in [0.4, 0.5) is 4.79 Å². The van der Waals surface area contributed by atoms with E-state index in [1.807, 2.05) is 0 Å². The lowest BCUT2D eigenvalue weighted by molar-refractivity contribution is -0.142. The lowest BCUT2D eigenvalue weighted by Crippen LogP contribution is -2.57. The van der Waals surface area contributed by atoms with Gasteiger partial charge in [-0.15, -0.1) is 0 Å². The minimum Gasteiger partial charge on any atom is -0.480 e. The standard InChI is InChI=1S/C11H20N2O6/c1-6-3-13(4-8(5-14)19-6)11(18)12-9(7(2)15)10(16)17/h6-9,14-15H,3-5H2,1-2H3,(H,12,18)(H,16,17)/t6?,7-,8?,9+/m1/s1. The van der Waals surface area contributed by atoms with Crippen LogP contribution in [0.5, 0.6) is 0 Å². The minimum absolute atomic E-state index is 0.179. The second-order valence-corrected chi connectivity index (χ2v) is 4.66. The molecule has 1 heterocycles. The lowest BCUT2D eigenvalue weighted by atomic mass is 10.2. The van der Waals surface area contributed by atoms with Gasteiger partial charge >= 0.3 is 12.0 Å². The molecule has 0 aromatic heterocycles.